The Labute approximate surface area is 147 Å². The van der Waals surface area contributed by atoms with Gasteiger partial charge in [-0.1, -0.05) is 11.6 Å². The van der Waals surface area contributed by atoms with E-state index < -0.39 is 43.0 Å². The van der Waals surface area contributed by atoms with Crippen molar-refractivity contribution < 1.29 is 31.1 Å². The van der Waals surface area contributed by atoms with Gasteiger partial charge in [0.15, 0.2) is 0 Å². The molecular formula is C14H16ClF3N2O4S. The first kappa shape index (κ1) is 20.0. The molecule has 1 aromatic carbocycles. The van der Waals surface area contributed by atoms with Crippen LogP contribution in [-0.2, 0) is 25.7 Å². The molecule has 3 N–H and O–H groups in total. The Balaban J connectivity index is 2.26. The van der Waals surface area contributed by atoms with E-state index in [2.05, 4.69) is 4.72 Å². The second-order valence-corrected chi connectivity index (χ2v) is 7.90. The number of nitrogens with two attached hydrogens (primary N) is 1. The molecule has 0 unspecified atom stereocenters. The molecule has 2 rings (SSSR count). The minimum atomic E-state index is -4.79. The average molecular weight is 401 g/mol. The molecule has 1 saturated heterocycles. The molecule has 1 aliphatic rings. The number of primary amides is 1. The zero-order chi connectivity index (χ0) is 18.9. The molecule has 0 atom stereocenters. The quantitative estimate of drug-likeness (QED) is 0.788. The molecule has 0 spiro atoms. The predicted molar refractivity (Wildman–Crippen MR) is 83.3 cm³/mol. The summed E-state index contributed by atoms with van der Waals surface area (Å²) in [6.45, 7) is 0.158. The summed E-state index contributed by atoms with van der Waals surface area (Å²) in [5.74, 6) is -0.689. The lowest BCUT2D eigenvalue weighted by Crippen LogP contribution is -2.49. The van der Waals surface area contributed by atoms with Crippen molar-refractivity contribution in [2.75, 3.05) is 19.8 Å². The zero-order valence-electron chi connectivity index (χ0n) is 12.9. The standard InChI is InChI=1S/C14H16ClF3N2O4S/c15-11-2-1-9(7-10(11)14(16,17)18)25(22,23)20-8-13(12(19)21)3-5-24-6-4-13/h1-2,7,20H,3-6,8H2,(H2,19,21). The topological polar surface area (TPSA) is 98.5 Å². The molecule has 6 nitrogen and oxygen atoms in total. The van der Waals surface area contributed by atoms with Crippen LogP contribution in [0.1, 0.15) is 18.4 Å². The highest BCUT2D eigenvalue weighted by atomic mass is 35.5. The van der Waals surface area contributed by atoms with Gasteiger partial charge in [-0.3, -0.25) is 4.79 Å². The van der Waals surface area contributed by atoms with Gasteiger partial charge in [-0.15, -0.1) is 0 Å². The van der Waals surface area contributed by atoms with Gasteiger partial charge in [-0.2, -0.15) is 13.2 Å². The van der Waals surface area contributed by atoms with Gasteiger partial charge in [0, 0.05) is 19.8 Å². The summed E-state index contributed by atoms with van der Waals surface area (Å²) in [5, 5.41) is -0.607. The molecule has 1 heterocycles. The number of benzene rings is 1. The highest BCUT2D eigenvalue weighted by Gasteiger charge is 2.40. The van der Waals surface area contributed by atoms with Crippen LogP contribution in [0.25, 0.3) is 0 Å². The second kappa shape index (κ2) is 7.10. The van der Waals surface area contributed by atoms with Crippen LogP contribution in [0, 0.1) is 5.41 Å². The van der Waals surface area contributed by atoms with E-state index in [4.69, 9.17) is 22.1 Å². The fourth-order valence-electron chi connectivity index (χ4n) is 2.48. The van der Waals surface area contributed by atoms with Crippen LogP contribution in [0.5, 0.6) is 0 Å². The summed E-state index contributed by atoms with van der Waals surface area (Å²) in [6.07, 6.45) is -4.35. The molecule has 1 aliphatic heterocycles. The molecule has 0 bridgehead atoms. The van der Waals surface area contributed by atoms with Crippen LogP contribution in [0.4, 0.5) is 13.2 Å². The second-order valence-electron chi connectivity index (χ2n) is 5.72. The lowest BCUT2D eigenvalue weighted by molar-refractivity contribution is -0.137. The van der Waals surface area contributed by atoms with Crippen molar-refractivity contribution in [1.82, 2.24) is 4.72 Å². The van der Waals surface area contributed by atoms with Crippen LogP contribution < -0.4 is 10.5 Å². The number of carbonyl (C=O) groups excluding carboxylic acids is 1. The van der Waals surface area contributed by atoms with Gasteiger partial charge in [0.1, 0.15) is 0 Å². The minimum absolute atomic E-state index is 0.222. The van der Waals surface area contributed by atoms with Gasteiger partial charge in [0.25, 0.3) is 0 Å². The van der Waals surface area contributed by atoms with Crippen LogP contribution in [0.2, 0.25) is 5.02 Å². The van der Waals surface area contributed by atoms with Crippen molar-refractivity contribution in [3.63, 3.8) is 0 Å². The monoisotopic (exact) mass is 400 g/mol. The highest BCUT2D eigenvalue weighted by molar-refractivity contribution is 7.89. The first-order chi connectivity index (χ1) is 11.5. The summed E-state index contributed by atoms with van der Waals surface area (Å²) in [5.41, 5.74) is 2.98. The van der Waals surface area contributed by atoms with Crippen molar-refractivity contribution >= 4 is 27.5 Å². The van der Waals surface area contributed by atoms with Crippen molar-refractivity contribution in [3.05, 3.63) is 28.8 Å². The first-order valence-corrected chi connectivity index (χ1v) is 9.08. The Hall–Kier alpha value is -1.36. The molecule has 1 fully saturated rings. The third kappa shape index (κ3) is 4.43. The average Bonchev–Trinajstić information content (AvgIpc) is 2.53. The van der Waals surface area contributed by atoms with Crippen LogP contribution in [-0.4, -0.2) is 34.1 Å². The van der Waals surface area contributed by atoms with E-state index in [9.17, 15) is 26.4 Å². The highest BCUT2D eigenvalue weighted by Crippen LogP contribution is 2.36. The lowest BCUT2D eigenvalue weighted by atomic mass is 9.80. The van der Waals surface area contributed by atoms with Gasteiger partial charge < -0.3 is 10.5 Å². The predicted octanol–water partition coefficient (Wildman–Crippen LogP) is 1.92. The molecule has 0 saturated carbocycles. The van der Waals surface area contributed by atoms with E-state index in [1.54, 1.807) is 0 Å². The van der Waals surface area contributed by atoms with E-state index in [1.807, 2.05) is 0 Å². The normalized spacial score (nSPS) is 18.1. The zero-order valence-corrected chi connectivity index (χ0v) is 14.5. The third-order valence-corrected chi connectivity index (χ3v) is 5.86. The molecule has 11 heteroatoms. The summed E-state index contributed by atoms with van der Waals surface area (Å²) >= 11 is 5.48. The minimum Gasteiger partial charge on any atom is -0.381 e. The largest absolute Gasteiger partial charge is 0.417 e. The molecule has 0 aromatic heterocycles. The summed E-state index contributed by atoms with van der Waals surface area (Å²) < 4.78 is 70.6. The molecule has 0 radical (unpaired) electrons. The third-order valence-electron chi connectivity index (χ3n) is 4.13. The first-order valence-electron chi connectivity index (χ1n) is 7.22. The number of amides is 1. The fourth-order valence-corrected chi connectivity index (χ4v) is 3.86. The molecule has 0 aliphatic carbocycles. The van der Waals surface area contributed by atoms with Crippen molar-refractivity contribution in [2.45, 2.75) is 23.9 Å². The number of carbonyl (C=O) groups is 1. The van der Waals surface area contributed by atoms with E-state index in [-0.39, 0.29) is 32.6 Å². The Morgan fingerprint density at radius 3 is 2.44 bits per heavy atom. The molecular weight excluding hydrogens is 385 g/mol. The number of hydrogen-bond donors (Lipinski definition) is 2. The van der Waals surface area contributed by atoms with Gasteiger partial charge in [0.2, 0.25) is 15.9 Å². The van der Waals surface area contributed by atoms with Crippen molar-refractivity contribution in [2.24, 2.45) is 11.1 Å². The number of hydrogen-bond acceptors (Lipinski definition) is 4. The number of alkyl halides is 3. The summed E-state index contributed by atoms with van der Waals surface area (Å²) in [6, 6.07) is 2.27. The van der Waals surface area contributed by atoms with E-state index in [0.29, 0.717) is 6.07 Å². The molecule has 1 amide bonds. The van der Waals surface area contributed by atoms with Gasteiger partial charge in [-0.05, 0) is 31.0 Å². The van der Waals surface area contributed by atoms with Gasteiger partial charge >= 0.3 is 6.18 Å². The lowest BCUT2D eigenvalue weighted by Gasteiger charge is -2.34. The number of nitrogens with one attached hydrogen (secondary N) is 1. The number of halogens is 4. The van der Waals surface area contributed by atoms with Crippen LogP contribution in [0.3, 0.4) is 0 Å². The maximum atomic E-state index is 12.9. The van der Waals surface area contributed by atoms with Crippen LogP contribution >= 0.6 is 11.6 Å². The van der Waals surface area contributed by atoms with Crippen molar-refractivity contribution in [1.29, 1.82) is 0 Å². The maximum Gasteiger partial charge on any atom is 0.417 e. The van der Waals surface area contributed by atoms with Crippen LogP contribution in [0.15, 0.2) is 23.1 Å². The van der Waals surface area contributed by atoms with E-state index in [1.165, 1.54) is 0 Å². The smallest absolute Gasteiger partial charge is 0.381 e. The fraction of sp³-hybridized carbons (Fsp3) is 0.500. The Kier molecular flexibility index (Phi) is 5.67. The van der Waals surface area contributed by atoms with E-state index in [0.717, 1.165) is 12.1 Å². The molecule has 1 aromatic rings. The van der Waals surface area contributed by atoms with Gasteiger partial charge in [0.05, 0.1) is 20.9 Å². The Bertz CT molecular complexity index is 762. The maximum absolute atomic E-state index is 12.9. The molecule has 140 valence electrons. The number of rotatable bonds is 5. The number of sulfonamides is 1. The SMILES string of the molecule is NC(=O)C1(CNS(=O)(=O)c2ccc(Cl)c(C(F)(F)F)c2)CCOCC1. The van der Waals surface area contributed by atoms with Crippen molar-refractivity contribution in [3.8, 4) is 0 Å². The van der Waals surface area contributed by atoms with E-state index >= 15 is 0 Å². The van der Waals surface area contributed by atoms with Gasteiger partial charge in [-0.25, -0.2) is 13.1 Å². The Morgan fingerprint density at radius 1 is 1.32 bits per heavy atom. The summed E-state index contributed by atoms with van der Waals surface area (Å²) in [7, 11) is -4.29. The Morgan fingerprint density at radius 2 is 1.92 bits per heavy atom. The number of ether oxygens (including phenoxy) is 1. The summed E-state index contributed by atoms with van der Waals surface area (Å²) in [4.78, 5) is 11.1. The molecule has 25 heavy (non-hydrogen) atoms.